The zero-order valence-corrected chi connectivity index (χ0v) is 24.6. The van der Waals surface area contributed by atoms with E-state index in [1.807, 2.05) is 0 Å². The predicted molar refractivity (Wildman–Crippen MR) is 182 cm³/mol. The average Bonchev–Trinajstić information content (AvgIpc) is 3.55. The average molecular weight is 564 g/mol. The number of fused-ring (bicyclic) bond motifs is 8. The van der Waals surface area contributed by atoms with Gasteiger partial charge in [0.25, 0.3) is 0 Å². The summed E-state index contributed by atoms with van der Waals surface area (Å²) in [7, 11) is 0. The van der Waals surface area contributed by atoms with Gasteiger partial charge in [-0.2, -0.15) is 0 Å². The monoisotopic (exact) mass is 563 g/mol. The van der Waals surface area contributed by atoms with Gasteiger partial charge < -0.3 is 0 Å². The molecule has 0 spiro atoms. The van der Waals surface area contributed by atoms with Crippen LogP contribution in [0.15, 0.2) is 140 Å². The first-order chi connectivity index (χ1) is 21.6. The predicted octanol–water partition coefficient (Wildman–Crippen LogP) is 10.4. The fraction of sp³-hybridized carbons (Fsp3) is 0.0732. The van der Waals surface area contributed by atoms with E-state index in [-0.39, 0.29) is 5.41 Å². The van der Waals surface area contributed by atoms with E-state index in [1.54, 1.807) is 0 Å². The lowest BCUT2D eigenvalue weighted by molar-refractivity contribution is 0.666. The summed E-state index contributed by atoms with van der Waals surface area (Å²) in [6, 6.07) is 49.7. The van der Waals surface area contributed by atoms with Gasteiger partial charge >= 0.3 is 0 Å². The van der Waals surface area contributed by atoms with Crippen molar-refractivity contribution in [2.45, 2.75) is 19.3 Å². The maximum atomic E-state index is 5.41. The molecule has 0 bridgehead atoms. The lowest BCUT2D eigenvalue weighted by atomic mass is 9.81. The largest absolute Gasteiger partial charge is 0.278 e. The Labute approximate surface area is 256 Å². The summed E-state index contributed by atoms with van der Waals surface area (Å²) < 4.78 is 2.32. The van der Waals surface area contributed by atoms with Crippen LogP contribution in [0.25, 0.3) is 72.2 Å². The molecule has 208 valence electrons. The molecule has 0 atom stereocenters. The molecule has 8 aromatic rings. The molecule has 3 heteroatoms. The maximum Gasteiger partial charge on any atom is 0.235 e. The molecule has 3 nitrogen and oxygen atoms in total. The number of benzene rings is 6. The van der Waals surface area contributed by atoms with Crippen molar-refractivity contribution in [2.75, 3.05) is 0 Å². The Balaban J connectivity index is 1.43. The summed E-state index contributed by atoms with van der Waals surface area (Å²) in [5.41, 5.74) is 11.4. The molecule has 0 aliphatic heterocycles. The molecule has 9 rings (SSSR count). The van der Waals surface area contributed by atoms with Gasteiger partial charge in [0.2, 0.25) is 5.95 Å². The van der Waals surface area contributed by atoms with Crippen molar-refractivity contribution in [3.63, 3.8) is 0 Å². The Morgan fingerprint density at radius 3 is 2.07 bits per heavy atom. The Bertz CT molecular complexity index is 2400. The zero-order valence-electron chi connectivity index (χ0n) is 24.6. The Morgan fingerprint density at radius 2 is 1.25 bits per heavy atom. The van der Waals surface area contributed by atoms with E-state index in [4.69, 9.17) is 9.97 Å². The van der Waals surface area contributed by atoms with E-state index in [0.29, 0.717) is 5.95 Å². The number of hydrogen-bond acceptors (Lipinski definition) is 2. The highest BCUT2D eigenvalue weighted by Gasteiger charge is 2.41. The van der Waals surface area contributed by atoms with Gasteiger partial charge in [-0.05, 0) is 45.8 Å². The molecule has 2 aromatic heterocycles. The molecular weight excluding hydrogens is 534 g/mol. The molecule has 0 amide bonds. The van der Waals surface area contributed by atoms with Gasteiger partial charge in [0.05, 0.1) is 22.4 Å². The van der Waals surface area contributed by atoms with E-state index in [9.17, 15) is 0 Å². The van der Waals surface area contributed by atoms with Crippen LogP contribution in [0, 0.1) is 0 Å². The van der Waals surface area contributed by atoms with Gasteiger partial charge in [0, 0.05) is 32.7 Å². The van der Waals surface area contributed by atoms with Gasteiger partial charge in [0.15, 0.2) is 0 Å². The van der Waals surface area contributed by atoms with Crippen molar-refractivity contribution in [3.05, 3.63) is 151 Å². The van der Waals surface area contributed by atoms with Crippen molar-refractivity contribution >= 4 is 32.6 Å². The molecule has 1 aliphatic carbocycles. The highest BCUT2D eigenvalue weighted by atomic mass is 15.2. The van der Waals surface area contributed by atoms with Crippen LogP contribution in [0.4, 0.5) is 0 Å². The number of aromatic nitrogens is 3. The second-order valence-corrected chi connectivity index (χ2v) is 12.2. The molecule has 0 unspecified atom stereocenters. The first-order valence-electron chi connectivity index (χ1n) is 15.2. The molecule has 0 saturated heterocycles. The SMILES string of the molecule is CC1(C)c2ccccc2-c2c1c1cc(-c3ccccc3)ccc1n2-c1nc(-c2ccccc2)c2ccc3ccccc3c2n1. The maximum absolute atomic E-state index is 5.41. The summed E-state index contributed by atoms with van der Waals surface area (Å²) in [5.74, 6) is 0.693. The summed E-state index contributed by atoms with van der Waals surface area (Å²) >= 11 is 0. The minimum atomic E-state index is -0.184. The Hall–Kier alpha value is -5.54. The highest BCUT2D eigenvalue weighted by molar-refractivity contribution is 6.10. The third-order valence-electron chi connectivity index (χ3n) is 9.38. The fourth-order valence-electron chi connectivity index (χ4n) is 7.33. The summed E-state index contributed by atoms with van der Waals surface area (Å²) in [6.45, 7) is 4.70. The first-order valence-corrected chi connectivity index (χ1v) is 15.2. The van der Waals surface area contributed by atoms with E-state index in [2.05, 4.69) is 158 Å². The van der Waals surface area contributed by atoms with Gasteiger partial charge in [-0.15, -0.1) is 0 Å². The molecule has 0 radical (unpaired) electrons. The number of rotatable bonds is 3. The van der Waals surface area contributed by atoms with Crippen molar-refractivity contribution in [2.24, 2.45) is 0 Å². The van der Waals surface area contributed by atoms with Crippen LogP contribution < -0.4 is 0 Å². The van der Waals surface area contributed by atoms with Crippen LogP contribution >= 0.6 is 0 Å². The fourth-order valence-corrected chi connectivity index (χ4v) is 7.33. The standard InChI is InChI=1S/C41H29N3/c1-41(2)34-20-12-11-19-31(34)39-36(41)33-25-29(26-13-5-3-6-14-26)22-24-35(33)44(39)40-42-37(28-16-7-4-8-17-28)32-23-21-27-15-9-10-18-30(27)38(32)43-40/h3-25H,1-2H3. The molecule has 0 N–H and O–H groups in total. The van der Waals surface area contributed by atoms with Gasteiger partial charge in [-0.25, -0.2) is 9.97 Å². The lowest BCUT2D eigenvalue weighted by Crippen LogP contribution is -2.14. The van der Waals surface area contributed by atoms with Gasteiger partial charge in [-0.3, -0.25) is 4.57 Å². The van der Waals surface area contributed by atoms with Crippen LogP contribution in [-0.2, 0) is 5.41 Å². The second-order valence-electron chi connectivity index (χ2n) is 12.2. The Morgan fingerprint density at radius 1 is 0.545 bits per heavy atom. The molecule has 44 heavy (non-hydrogen) atoms. The molecule has 2 heterocycles. The molecule has 0 saturated carbocycles. The number of hydrogen-bond donors (Lipinski definition) is 0. The summed E-state index contributed by atoms with van der Waals surface area (Å²) in [6.07, 6.45) is 0. The van der Waals surface area contributed by atoms with Crippen molar-refractivity contribution in [1.82, 2.24) is 14.5 Å². The second kappa shape index (κ2) is 9.23. The van der Waals surface area contributed by atoms with Crippen molar-refractivity contribution < 1.29 is 0 Å². The van der Waals surface area contributed by atoms with Crippen LogP contribution in [0.3, 0.4) is 0 Å². The van der Waals surface area contributed by atoms with Gasteiger partial charge in [-0.1, -0.05) is 135 Å². The summed E-state index contributed by atoms with van der Waals surface area (Å²) in [5, 5.41) is 4.60. The normalized spacial score (nSPS) is 13.4. The van der Waals surface area contributed by atoms with E-state index in [0.717, 1.165) is 33.1 Å². The van der Waals surface area contributed by atoms with Crippen LogP contribution in [0.1, 0.15) is 25.0 Å². The van der Waals surface area contributed by atoms with Gasteiger partial charge in [0.1, 0.15) is 0 Å². The minimum absolute atomic E-state index is 0.184. The zero-order chi connectivity index (χ0) is 29.4. The van der Waals surface area contributed by atoms with Crippen molar-refractivity contribution in [1.29, 1.82) is 0 Å². The van der Waals surface area contributed by atoms with E-state index < -0.39 is 0 Å². The quantitative estimate of drug-likeness (QED) is 0.200. The molecule has 1 aliphatic rings. The Kier molecular flexibility index (Phi) is 5.24. The molecular formula is C41H29N3. The smallest absolute Gasteiger partial charge is 0.235 e. The van der Waals surface area contributed by atoms with E-state index in [1.165, 1.54) is 44.3 Å². The first kappa shape index (κ1) is 25.0. The van der Waals surface area contributed by atoms with Crippen LogP contribution in [0.5, 0.6) is 0 Å². The topological polar surface area (TPSA) is 30.7 Å². The lowest BCUT2D eigenvalue weighted by Gasteiger charge is -2.21. The molecule has 0 fully saturated rings. The third kappa shape index (κ3) is 3.50. The minimum Gasteiger partial charge on any atom is -0.278 e. The van der Waals surface area contributed by atoms with Crippen LogP contribution in [-0.4, -0.2) is 14.5 Å². The molecule has 6 aromatic carbocycles. The summed E-state index contributed by atoms with van der Waals surface area (Å²) in [4.78, 5) is 10.8. The van der Waals surface area contributed by atoms with Crippen LogP contribution in [0.2, 0.25) is 0 Å². The number of nitrogens with zero attached hydrogens (tertiary/aromatic N) is 3. The van der Waals surface area contributed by atoms with E-state index >= 15 is 0 Å². The highest BCUT2D eigenvalue weighted by Crippen LogP contribution is 2.54. The van der Waals surface area contributed by atoms with Crippen molar-refractivity contribution in [3.8, 4) is 39.6 Å². The third-order valence-corrected chi connectivity index (χ3v) is 9.38.